The summed E-state index contributed by atoms with van der Waals surface area (Å²) in [6, 6.07) is 0.167. The third-order valence-electron chi connectivity index (χ3n) is 1.26. The third-order valence-corrected chi connectivity index (χ3v) is 1.26. The fraction of sp³-hybridized carbons (Fsp3) is 0.571. The first-order valence-corrected chi connectivity index (χ1v) is 2.95. The van der Waals surface area contributed by atoms with E-state index in [4.69, 9.17) is 0 Å². The Hall–Kier alpha value is -0.810. The first kappa shape index (κ1) is 8.19. The molecule has 0 saturated carbocycles. The molecular formula is C7H11NO. The van der Waals surface area contributed by atoms with Gasteiger partial charge in [-0.15, -0.1) is 12.8 Å². The molecule has 0 radical (unpaired) electrons. The summed E-state index contributed by atoms with van der Waals surface area (Å²) in [5.41, 5.74) is 0. The Morgan fingerprint density at radius 1 is 1.56 bits per heavy atom. The normalized spacial score (nSPS) is 24.0. The molecule has 0 aromatic rings. The monoisotopic (exact) mass is 125 g/mol. The van der Waals surface area contributed by atoms with Crippen molar-refractivity contribution in [1.82, 2.24) is 5.32 Å². The summed E-state index contributed by atoms with van der Waals surface area (Å²) in [6.45, 7) is 1.02. The first-order chi connectivity index (χ1) is 4.43. The van der Waals surface area contributed by atoms with Crippen LogP contribution in [0.5, 0.6) is 0 Å². The molecule has 1 heterocycles. The maximum absolute atomic E-state index is 9.94. The molecule has 1 N–H and O–H groups in total. The summed E-state index contributed by atoms with van der Waals surface area (Å²) in [7, 11) is 0. The number of hydrogen-bond donors (Lipinski definition) is 1. The predicted molar refractivity (Wildman–Crippen MR) is 37.0 cm³/mol. The Labute approximate surface area is 55.6 Å². The van der Waals surface area contributed by atoms with E-state index in [-0.39, 0.29) is 6.04 Å². The standard InChI is InChI=1S/C5H9NO.C2H2/c7-4-5-2-1-3-6-5;1-2/h4-6H,1-3H2;1-2H/t5-;/m0./s1. The lowest BCUT2D eigenvalue weighted by Gasteiger charge is -1.93. The second-order valence-corrected chi connectivity index (χ2v) is 1.84. The summed E-state index contributed by atoms with van der Waals surface area (Å²) in [5, 5.41) is 3.04. The van der Waals surface area contributed by atoms with Crippen molar-refractivity contribution < 1.29 is 4.79 Å². The van der Waals surface area contributed by atoms with Crippen LogP contribution in [0.25, 0.3) is 0 Å². The van der Waals surface area contributed by atoms with Crippen LogP contribution in [0.4, 0.5) is 0 Å². The third kappa shape index (κ3) is 2.89. The smallest absolute Gasteiger partial charge is 0.136 e. The number of carbonyl (C=O) groups is 1. The van der Waals surface area contributed by atoms with Gasteiger partial charge in [-0.3, -0.25) is 0 Å². The molecule has 0 bridgehead atoms. The number of terminal acetylenes is 1. The number of rotatable bonds is 1. The van der Waals surface area contributed by atoms with Gasteiger partial charge in [-0.1, -0.05) is 0 Å². The largest absolute Gasteiger partial charge is 0.308 e. The molecule has 0 spiro atoms. The van der Waals surface area contributed by atoms with Gasteiger partial charge in [0.25, 0.3) is 0 Å². The zero-order valence-corrected chi connectivity index (χ0v) is 5.34. The predicted octanol–water partition coefficient (Wildman–Crippen LogP) is 0.187. The van der Waals surface area contributed by atoms with Gasteiger partial charge < -0.3 is 10.1 Å². The van der Waals surface area contributed by atoms with Crippen LogP contribution in [-0.2, 0) is 4.79 Å². The van der Waals surface area contributed by atoms with E-state index in [9.17, 15) is 4.79 Å². The summed E-state index contributed by atoms with van der Waals surface area (Å²) < 4.78 is 0. The average Bonchev–Trinajstić information content (AvgIpc) is 2.43. The van der Waals surface area contributed by atoms with Crippen molar-refractivity contribution in [2.45, 2.75) is 18.9 Å². The van der Waals surface area contributed by atoms with Crippen LogP contribution < -0.4 is 5.32 Å². The maximum atomic E-state index is 9.94. The average molecular weight is 125 g/mol. The van der Waals surface area contributed by atoms with Crippen LogP contribution in [0.15, 0.2) is 0 Å². The van der Waals surface area contributed by atoms with Crippen molar-refractivity contribution in [3.63, 3.8) is 0 Å². The first-order valence-electron chi connectivity index (χ1n) is 2.95. The molecule has 9 heavy (non-hydrogen) atoms. The molecule has 2 heteroatoms. The highest BCUT2D eigenvalue weighted by Gasteiger charge is 2.10. The van der Waals surface area contributed by atoms with Crippen molar-refractivity contribution >= 4 is 6.29 Å². The van der Waals surface area contributed by atoms with Crippen molar-refractivity contribution in [3.05, 3.63) is 0 Å². The molecule has 0 amide bonds. The minimum absolute atomic E-state index is 0.167. The molecule has 1 saturated heterocycles. The number of carbonyl (C=O) groups excluding carboxylic acids is 1. The van der Waals surface area contributed by atoms with E-state index in [0.717, 1.165) is 25.7 Å². The molecule has 0 aromatic carbocycles. The molecule has 1 aliphatic heterocycles. The van der Waals surface area contributed by atoms with E-state index in [0.29, 0.717) is 0 Å². The lowest BCUT2D eigenvalue weighted by molar-refractivity contribution is -0.109. The van der Waals surface area contributed by atoms with E-state index in [1.54, 1.807) is 0 Å². The van der Waals surface area contributed by atoms with Gasteiger partial charge in [-0.2, -0.15) is 0 Å². The highest BCUT2D eigenvalue weighted by atomic mass is 16.1. The summed E-state index contributed by atoms with van der Waals surface area (Å²) in [4.78, 5) is 9.94. The Morgan fingerprint density at radius 3 is 2.44 bits per heavy atom. The number of aldehydes is 1. The minimum Gasteiger partial charge on any atom is -0.308 e. The molecule has 1 atom stereocenters. The van der Waals surface area contributed by atoms with E-state index in [2.05, 4.69) is 18.2 Å². The van der Waals surface area contributed by atoms with Gasteiger partial charge in [0.1, 0.15) is 6.29 Å². The van der Waals surface area contributed by atoms with Gasteiger partial charge in [0.05, 0.1) is 6.04 Å². The Bertz CT molecular complexity index is 92.3. The SMILES string of the molecule is C#C.O=C[C@@H]1CCCN1. The summed E-state index contributed by atoms with van der Waals surface area (Å²) >= 11 is 0. The molecule has 0 aromatic heterocycles. The highest BCUT2D eigenvalue weighted by molar-refractivity contribution is 5.57. The molecule has 0 aliphatic carbocycles. The van der Waals surface area contributed by atoms with Crippen LogP contribution in [0.3, 0.4) is 0 Å². The number of hydrogen-bond acceptors (Lipinski definition) is 2. The second kappa shape index (κ2) is 5.33. The van der Waals surface area contributed by atoms with Crippen molar-refractivity contribution in [3.8, 4) is 12.8 Å². The Morgan fingerprint density at radius 2 is 2.22 bits per heavy atom. The molecule has 2 nitrogen and oxygen atoms in total. The van der Waals surface area contributed by atoms with Crippen LogP contribution in [0, 0.1) is 12.8 Å². The van der Waals surface area contributed by atoms with Gasteiger partial charge in [-0.25, -0.2) is 0 Å². The fourth-order valence-electron chi connectivity index (χ4n) is 0.828. The van der Waals surface area contributed by atoms with Gasteiger partial charge >= 0.3 is 0 Å². The molecule has 1 aliphatic rings. The Kier molecular flexibility index (Phi) is 4.85. The van der Waals surface area contributed by atoms with Crippen molar-refractivity contribution in [1.29, 1.82) is 0 Å². The Balaban J connectivity index is 0.000000291. The van der Waals surface area contributed by atoms with E-state index < -0.39 is 0 Å². The van der Waals surface area contributed by atoms with Crippen LogP contribution in [-0.4, -0.2) is 18.9 Å². The summed E-state index contributed by atoms with van der Waals surface area (Å²) in [6.07, 6.45) is 11.2. The van der Waals surface area contributed by atoms with E-state index in [1.165, 1.54) is 0 Å². The molecule has 1 rings (SSSR count). The fourth-order valence-corrected chi connectivity index (χ4v) is 0.828. The zero-order valence-electron chi connectivity index (χ0n) is 5.34. The van der Waals surface area contributed by atoms with Gasteiger partial charge in [0.2, 0.25) is 0 Å². The summed E-state index contributed by atoms with van der Waals surface area (Å²) in [5.74, 6) is 0. The van der Waals surface area contributed by atoms with Crippen molar-refractivity contribution in [2.24, 2.45) is 0 Å². The van der Waals surface area contributed by atoms with Crippen LogP contribution in [0.1, 0.15) is 12.8 Å². The molecule has 50 valence electrons. The number of nitrogens with one attached hydrogen (secondary N) is 1. The topological polar surface area (TPSA) is 29.1 Å². The maximum Gasteiger partial charge on any atom is 0.136 e. The van der Waals surface area contributed by atoms with Crippen molar-refractivity contribution in [2.75, 3.05) is 6.54 Å². The minimum atomic E-state index is 0.167. The second-order valence-electron chi connectivity index (χ2n) is 1.84. The highest BCUT2D eigenvalue weighted by Crippen LogP contribution is 2.00. The van der Waals surface area contributed by atoms with Crippen LogP contribution >= 0.6 is 0 Å². The lowest BCUT2D eigenvalue weighted by atomic mass is 10.2. The quantitative estimate of drug-likeness (QED) is 0.400. The zero-order chi connectivity index (χ0) is 7.11. The van der Waals surface area contributed by atoms with Crippen LogP contribution in [0.2, 0.25) is 0 Å². The molecule has 0 unspecified atom stereocenters. The van der Waals surface area contributed by atoms with E-state index in [1.807, 2.05) is 0 Å². The van der Waals surface area contributed by atoms with Gasteiger partial charge in [-0.05, 0) is 19.4 Å². The lowest BCUT2D eigenvalue weighted by Crippen LogP contribution is -2.21. The molecule has 1 fully saturated rings. The molecular weight excluding hydrogens is 114 g/mol. The van der Waals surface area contributed by atoms with Gasteiger partial charge in [0.15, 0.2) is 0 Å². The van der Waals surface area contributed by atoms with E-state index >= 15 is 0 Å². The van der Waals surface area contributed by atoms with Gasteiger partial charge in [0, 0.05) is 0 Å².